The van der Waals surface area contributed by atoms with Crippen LogP contribution in [0.3, 0.4) is 0 Å². The Kier molecular flexibility index (Phi) is 14.0. The maximum atomic E-state index is 14.9. The number of benzene rings is 4. The second-order valence-electron chi connectivity index (χ2n) is 10.7. The number of nitrogens with one attached hydrogen (secondary N) is 1. The highest BCUT2D eigenvalue weighted by Gasteiger charge is 2.08. The highest BCUT2D eigenvalue weighted by Crippen LogP contribution is 2.28. The van der Waals surface area contributed by atoms with E-state index in [2.05, 4.69) is 39.4 Å². The van der Waals surface area contributed by atoms with Gasteiger partial charge < -0.3 is 14.2 Å². The van der Waals surface area contributed by atoms with Crippen LogP contribution in [0.25, 0.3) is 0 Å². The maximum absolute atomic E-state index is 14.9. The van der Waals surface area contributed by atoms with Crippen molar-refractivity contribution in [1.82, 2.24) is 0 Å². The van der Waals surface area contributed by atoms with Crippen molar-refractivity contribution in [2.24, 2.45) is 20.5 Å². The third kappa shape index (κ3) is 12.3. The number of anilines is 2. The van der Waals surface area contributed by atoms with Gasteiger partial charge in [-0.2, -0.15) is 15.3 Å². The summed E-state index contributed by atoms with van der Waals surface area (Å²) in [4.78, 5) is 23.1. The van der Waals surface area contributed by atoms with E-state index in [9.17, 15) is 14.0 Å². The monoisotopic (exact) mass is 666 g/mol. The summed E-state index contributed by atoms with van der Waals surface area (Å²) in [5, 5.41) is 18.3. The Balaban J connectivity index is 1.24. The van der Waals surface area contributed by atoms with E-state index in [-0.39, 0.29) is 24.9 Å². The predicted octanol–water partition coefficient (Wildman–Crippen LogP) is 10.1. The first kappa shape index (κ1) is 35.9. The van der Waals surface area contributed by atoms with Crippen molar-refractivity contribution in [2.45, 2.75) is 39.0 Å². The van der Waals surface area contributed by atoms with E-state index in [1.807, 2.05) is 12.1 Å². The molecule has 49 heavy (non-hydrogen) atoms. The average Bonchev–Trinajstić information content (AvgIpc) is 3.12. The van der Waals surface area contributed by atoms with Crippen LogP contribution in [0, 0.1) is 5.82 Å². The number of azo groups is 2. The number of hydrazine groups is 1. The molecule has 254 valence electrons. The summed E-state index contributed by atoms with van der Waals surface area (Å²) in [6.07, 6.45) is 5.59. The molecule has 0 aliphatic carbocycles. The normalized spacial score (nSPS) is 11.0. The van der Waals surface area contributed by atoms with Gasteiger partial charge in [0, 0.05) is 25.6 Å². The molecular weight excluding hydrogens is 627 g/mol. The van der Waals surface area contributed by atoms with Gasteiger partial charge in [0.1, 0.15) is 30.4 Å². The third-order valence-electron chi connectivity index (χ3n) is 6.94. The minimum absolute atomic E-state index is 0.0896. The Bertz CT molecular complexity index is 1730. The number of rotatable bonds is 18. The number of esters is 2. The van der Waals surface area contributed by atoms with Gasteiger partial charge in [-0.3, -0.25) is 15.2 Å². The second kappa shape index (κ2) is 19.0. The van der Waals surface area contributed by atoms with Crippen molar-refractivity contribution in [1.29, 1.82) is 0 Å². The number of unbranched alkanes of at least 4 members (excludes halogenated alkanes) is 3. The van der Waals surface area contributed by atoms with Gasteiger partial charge in [-0.25, -0.2) is 9.18 Å². The van der Waals surface area contributed by atoms with Gasteiger partial charge in [0.15, 0.2) is 5.82 Å². The molecule has 4 aromatic carbocycles. The largest absolute Gasteiger partial charge is 0.490 e. The van der Waals surface area contributed by atoms with E-state index in [4.69, 9.17) is 14.2 Å². The van der Waals surface area contributed by atoms with Crippen LogP contribution in [0.4, 0.5) is 38.5 Å². The molecule has 0 aliphatic rings. The van der Waals surface area contributed by atoms with Crippen LogP contribution in [0.5, 0.6) is 11.5 Å². The maximum Gasteiger partial charge on any atom is 0.330 e. The van der Waals surface area contributed by atoms with Crippen molar-refractivity contribution in [3.8, 4) is 11.5 Å². The van der Waals surface area contributed by atoms with Gasteiger partial charge in [0.2, 0.25) is 0 Å². The zero-order valence-corrected chi connectivity index (χ0v) is 27.5. The molecule has 0 saturated heterocycles. The Morgan fingerprint density at radius 2 is 1.41 bits per heavy atom. The predicted molar refractivity (Wildman–Crippen MR) is 187 cm³/mol. The van der Waals surface area contributed by atoms with Crippen LogP contribution < -0.4 is 19.9 Å². The number of hydrogen-bond acceptors (Lipinski definition) is 11. The van der Waals surface area contributed by atoms with Gasteiger partial charge in [-0.15, -0.1) is 5.11 Å². The molecule has 11 nitrogen and oxygen atoms in total. The molecule has 0 aliphatic heterocycles. The molecule has 4 rings (SSSR count). The van der Waals surface area contributed by atoms with Crippen molar-refractivity contribution in [3.63, 3.8) is 0 Å². The number of carbonyl (C=O) groups is 2. The smallest absolute Gasteiger partial charge is 0.330 e. The number of hydrogen-bond donors (Lipinski definition) is 1. The fourth-order valence-electron chi connectivity index (χ4n) is 4.30. The number of carbonyl (C=O) groups excluding carboxylic acids is 2. The SMILES string of the molecule is C=CC(=O)OCCOc1ccc(NN(C)c2ccc(N=Nc3ccc(N=Nc4ccc(OC(=O)CCCCCC)cc4)cc3)c(F)c2)cc1. The number of ether oxygens (including phenoxy) is 3. The van der Waals surface area contributed by atoms with Crippen LogP contribution in [0.1, 0.15) is 39.0 Å². The molecule has 0 atom stereocenters. The van der Waals surface area contributed by atoms with Gasteiger partial charge in [0.05, 0.1) is 28.4 Å². The summed E-state index contributed by atoms with van der Waals surface area (Å²) in [6, 6.07) is 25.5. The summed E-state index contributed by atoms with van der Waals surface area (Å²) >= 11 is 0. The van der Waals surface area contributed by atoms with Crippen molar-refractivity contribution in [3.05, 3.63) is 109 Å². The van der Waals surface area contributed by atoms with Crippen LogP contribution in [0.2, 0.25) is 0 Å². The van der Waals surface area contributed by atoms with E-state index < -0.39 is 11.8 Å². The van der Waals surface area contributed by atoms with E-state index in [0.717, 1.165) is 37.4 Å². The van der Waals surface area contributed by atoms with E-state index in [0.29, 0.717) is 40.7 Å². The van der Waals surface area contributed by atoms with Crippen LogP contribution in [0.15, 0.2) is 124 Å². The highest BCUT2D eigenvalue weighted by molar-refractivity contribution is 5.81. The molecule has 4 aromatic rings. The molecule has 0 unspecified atom stereocenters. The molecule has 0 amide bonds. The first-order valence-corrected chi connectivity index (χ1v) is 15.9. The number of halogens is 1. The molecule has 0 spiro atoms. The quantitative estimate of drug-likeness (QED) is 0.0280. The zero-order chi connectivity index (χ0) is 34.8. The third-order valence-corrected chi connectivity index (χ3v) is 6.94. The fraction of sp³-hybridized carbons (Fsp3) is 0.243. The van der Waals surface area contributed by atoms with Crippen molar-refractivity contribution >= 4 is 46.1 Å². The molecule has 0 radical (unpaired) electrons. The first-order valence-electron chi connectivity index (χ1n) is 15.9. The van der Waals surface area contributed by atoms with Gasteiger partial charge >= 0.3 is 11.9 Å². The summed E-state index contributed by atoms with van der Waals surface area (Å²) in [6.45, 7) is 5.80. The van der Waals surface area contributed by atoms with E-state index in [1.54, 1.807) is 84.9 Å². The minimum Gasteiger partial charge on any atom is -0.490 e. The Morgan fingerprint density at radius 1 is 0.796 bits per heavy atom. The summed E-state index contributed by atoms with van der Waals surface area (Å²) in [5.74, 6) is -0.188. The van der Waals surface area contributed by atoms with E-state index in [1.165, 1.54) is 6.07 Å². The molecule has 0 bridgehead atoms. The van der Waals surface area contributed by atoms with Gasteiger partial charge in [0.25, 0.3) is 0 Å². The Hall–Kier alpha value is -5.91. The molecule has 0 saturated carbocycles. The lowest BCUT2D eigenvalue weighted by Crippen LogP contribution is -2.24. The van der Waals surface area contributed by atoms with Crippen LogP contribution in [-0.4, -0.2) is 32.2 Å². The lowest BCUT2D eigenvalue weighted by molar-refractivity contribution is -0.138. The topological polar surface area (TPSA) is 127 Å². The Labute approximate surface area is 285 Å². The lowest BCUT2D eigenvalue weighted by Gasteiger charge is -2.22. The molecule has 0 aromatic heterocycles. The zero-order valence-electron chi connectivity index (χ0n) is 27.5. The average molecular weight is 667 g/mol. The minimum atomic E-state index is -0.533. The van der Waals surface area contributed by atoms with Crippen LogP contribution in [-0.2, 0) is 14.3 Å². The van der Waals surface area contributed by atoms with Crippen molar-refractivity contribution < 1.29 is 28.2 Å². The standard InChI is InChI=1S/C37H39FN6O5/c1-4-6-7-8-9-37(46)49-33-21-14-29(15-22-33)40-39-27-10-12-28(13-11-27)41-42-35-23-18-31(26-34(35)38)44(3)43-30-16-19-32(20-17-30)47-24-25-48-36(45)5-2/h5,10-23,26,43H,2,4,6-9,24-25H2,1,3H3. The van der Waals surface area contributed by atoms with Gasteiger partial charge in [-0.1, -0.05) is 32.8 Å². The molecule has 0 fully saturated rings. The summed E-state index contributed by atoms with van der Waals surface area (Å²) in [7, 11) is 1.76. The Morgan fingerprint density at radius 3 is 2.02 bits per heavy atom. The highest BCUT2D eigenvalue weighted by atomic mass is 19.1. The first-order chi connectivity index (χ1) is 23.8. The second-order valence-corrected chi connectivity index (χ2v) is 10.7. The molecule has 0 heterocycles. The van der Waals surface area contributed by atoms with E-state index >= 15 is 0 Å². The summed E-state index contributed by atoms with van der Waals surface area (Å²) < 4.78 is 30.7. The number of nitrogens with zero attached hydrogens (tertiary/aromatic N) is 5. The fourth-order valence-corrected chi connectivity index (χ4v) is 4.30. The molecular formula is C37H39FN6O5. The van der Waals surface area contributed by atoms with Crippen LogP contribution >= 0.6 is 0 Å². The van der Waals surface area contributed by atoms with Crippen molar-refractivity contribution in [2.75, 3.05) is 30.7 Å². The van der Waals surface area contributed by atoms with Gasteiger partial charge in [-0.05, 0) is 91.3 Å². The molecule has 1 N–H and O–H groups in total. The lowest BCUT2D eigenvalue weighted by atomic mass is 10.1. The summed E-state index contributed by atoms with van der Waals surface area (Å²) in [5.41, 5.74) is 6.31. The molecule has 12 heteroatoms.